The van der Waals surface area contributed by atoms with Gasteiger partial charge < -0.3 is 10.2 Å². The molecule has 0 spiro atoms. The Morgan fingerprint density at radius 1 is 1.35 bits per heavy atom. The highest BCUT2D eigenvalue weighted by molar-refractivity contribution is 5.96. The molecule has 5 nitrogen and oxygen atoms in total. The molecule has 1 N–H and O–H groups in total. The maximum atomic E-state index is 13.9. The summed E-state index contributed by atoms with van der Waals surface area (Å²) in [5.41, 5.74) is 0.227. The lowest BCUT2D eigenvalue weighted by molar-refractivity contribution is 0.0787. The normalized spacial score (nSPS) is 17.1. The molecule has 0 bridgehead atoms. The second kappa shape index (κ2) is 6.56. The smallest absolute Gasteiger partial charge is 0.256 e. The number of hydrogen-bond acceptors (Lipinski definition) is 4. The number of amides is 1. The summed E-state index contributed by atoms with van der Waals surface area (Å²) in [5.74, 6) is -0.251. The Kier molecular flexibility index (Phi) is 4.32. The van der Waals surface area contributed by atoms with Crippen molar-refractivity contribution in [2.24, 2.45) is 0 Å². The molecule has 1 saturated heterocycles. The molecule has 0 aliphatic carbocycles. The van der Waals surface area contributed by atoms with Gasteiger partial charge in [-0.25, -0.2) is 9.37 Å². The van der Waals surface area contributed by atoms with Crippen LogP contribution in [0.15, 0.2) is 42.6 Å². The van der Waals surface area contributed by atoms with Crippen molar-refractivity contribution in [2.45, 2.75) is 12.5 Å². The Hall–Kier alpha value is -2.76. The van der Waals surface area contributed by atoms with Crippen LogP contribution >= 0.6 is 0 Å². The van der Waals surface area contributed by atoms with Crippen molar-refractivity contribution < 1.29 is 14.0 Å². The van der Waals surface area contributed by atoms with Crippen LogP contribution in [0.3, 0.4) is 0 Å². The number of anilines is 1. The second-order valence-electron chi connectivity index (χ2n) is 5.45. The van der Waals surface area contributed by atoms with E-state index in [0.29, 0.717) is 19.4 Å². The first kappa shape index (κ1) is 15.1. The largest absolute Gasteiger partial charge is 0.365 e. The molecule has 1 aliphatic rings. The fraction of sp³-hybridized carbons (Fsp3) is 0.235. The number of aldehydes is 1. The summed E-state index contributed by atoms with van der Waals surface area (Å²) in [6.07, 6.45) is 3.06. The van der Waals surface area contributed by atoms with E-state index >= 15 is 0 Å². The molecule has 118 valence electrons. The molecule has 2 heterocycles. The third-order valence-electron chi connectivity index (χ3n) is 3.85. The van der Waals surface area contributed by atoms with Gasteiger partial charge >= 0.3 is 0 Å². The fourth-order valence-electron chi connectivity index (χ4n) is 2.67. The van der Waals surface area contributed by atoms with Gasteiger partial charge in [-0.3, -0.25) is 9.59 Å². The molecule has 1 atom stereocenters. The molecule has 2 aromatic rings. The van der Waals surface area contributed by atoms with E-state index in [1.54, 1.807) is 11.1 Å². The number of benzene rings is 1. The Bertz CT molecular complexity index is 721. The van der Waals surface area contributed by atoms with Crippen molar-refractivity contribution in [1.29, 1.82) is 0 Å². The second-order valence-corrected chi connectivity index (χ2v) is 5.45. The number of aromatic nitrogens is 1. The predicted molar refractivity (Wildman–Crippen MR) is 84.0 cm³/mol. The van der Waals surface area contributed by atoms with Crippen LogP contribution in [-0.4, -0.2) is 41.2 Å². The van der Waals surface area contributed by atoms with Gasteiger partial charge in [-0.2, -0.15) is 0 Å². The van der Waals surface area contributed by atoms with Crippen LogP contribution in [0.25, 0.3) is 0 Å². The molecule has 0 radical (unpaired) electrons. The highest BCUT2D eigenvalue weighted by Gasteiger charge is 2.28. The molecule has 1 fully saturated rings. The number of nitrogens with one attached hydrogen (secondary N) is 1. The standard InChI is InChI=1S/C17H16FN3O2/c18-15-5-4-12(11-22)9-14(15)17(23)21-8-6-13(10-21)20-16-3-1-2-7-19-16/h1-5,7,9,11,13H,6,8,10H2,(H,19,20)/t13-/m1/s1. The summed E-state index contributed by atoms with van der Waals surface area (Å²) in [7, 11) is 0. The average Bonchev–Trinajstić information content (AvgIpc) is 3.04. The van der Waals surface area contributed by atoms with Gasteiger partial charge in [0.25, 0.3) is 5.91 Å². The minimum absolute atomic E-state index is 0.0620. The maximum absolute atomic E-state index is 13.9. The van der Waals surface area contributed by atoms with Gasteiger partial charge in [0.05, 0.1) is 5.56 Å². The van der Waals surface area contributed by atoms with E-state index in [2.05, 4.69) is 10.3 Å². The van der Waals surface area contributed by atoms with Crippen molar-refractivity contribution in [3.8, 4) is 0 Å². The molecule has 0 unspecified atom stereocenters. The van der Waals surface area contributed by atoms with Gasteiger partial charge in [0.1, 0.15) is 17.9 Å². The number of nitrogens with zero attached hydrogens (tertiary/aromatic N) is 2. The van der Waals surface area contributed by atoms with Crippen molar-refractivity contribution in [2.75, 3.05) is 18.4 Å². The third kappa shape index (κ3) is 3.36. The summed E-state index contributed by atoms with van der Waals surface area (Å²) < 4.78 is 13.9. The molecule has 0 saturated carbocycles. The monoisotopic (exact) mass is 313 g/mol. The van der Waals surface area contributed by atoms with Crippen LogP contribution in [0, 0.1) is 5.82 Å². The number of halogens is 1. The van der Waals surface area contributed by atoms with E-state index in [9.17, 15) is 14.0 Å². The number of pyridine rings is 1. The van der Waals surface area contributed by atoms with Crippen molar-refractivity contribution in [3.05, 3.63) is 59.5 Å². The predicted octanol–water partition coefficient (Wildman–Crippen LogP) is 2.36. The molecule has 1 aromatic heterocycles. The van der Waals surface area contributed by atoms with Gasteiger partial charge in [0.15, 0.2) is 0 Å². The van der Waals surface area contributed by atoms with Gasteiger partial charge in [0.2, 0.25) is 0 Å². The van der Waals surface area contributed by atoms with Crippen molar-refractivity contribution in [1.82, 2.24) is 9.88 Å². The van der Waals surface area contributed by atoms with Crippen LogP contribution in [0.2, 0.25) is 0 Å². The first-order chi connectivity index (χ1) is 11.2. The number of hydrogen-bond donors (Lipinski definition) is 1. The molecule has 1 aromatic carbocycles. The van der Waals surface area contributed by atoms with Gasteiger partial charge in [-0.05, 0) is 36.8 Å². The first-order valence-corrected chi connectivity index (χ1v) is 7.39. The van der Waals surface area contributed by atoms with Crippen LogP contribution in [-0.2, 0) is 0 Å². The van der Waals surface area contributed by atoms with Crippen LogP contribution < -0.4 is 5.32 Å². The molecular weight excluding hydrogens is 297 g/mol. The van der Waals surface area contributed by atoms with Crippen LogP contribution in [0.1, 0.15) is 27.1 Å². The summed E-state index contributed by atoms with van der Waals surface area (Å²) in [5, 5.41) is 3.26. The Balaban J connectivity index is 1.69. The fourth-order valence-corrected chi connectivity index (χ4v) is 2.67. The number of carbonyl (C=O) groups is 2. The Labute approximate surface area is 133 Å². The molecule has 23 heavy (non-hydrogen) atoms. The molecule has 1 aliphatic heterocycles. The van der Waals surface area contributed by atoms with E-state index in [0.717, 1.165) is 18.3 Å². The van der Waals surface area contributed by atoms with E-state index in [1.807, 2.05) is 18.2 Å². The molecule has 1 amide bonds. The molecular formula is C17H16FN3O2. The van der Waals surface area contributed by atoms with E-state index in [1.165, 1.54) is 12.1 Å². The lowest BCUT2D eigenvalue weighted by Gasteiger charge is -2.18. The lowest BCUT2D eigenvalue weighted by atomic mass is 10.1. The zero-order valence-corrected chi connectivity index (χ0v) is 12.4. The SMILES string of the molecule is O=Cc1ccc(F)c(C(=O)N2CC[C@@H](Nc3ccccn3)C2)c1. The van der Waals surface area contributed by atoms with Gasteiger partial charge in [-0.1, -0.05) is 6.07 Å². The summed E-state index contributed by atoms with van der Waals surface area (Å²) in [6.45, 7) is 1.01. The maximum Gasteiger partial charge on any atom is 0.256 e. The van der Waals surface area contributed by atoms with Crippen LogP contribution in [0.5, 0.6) is 0 Å². The summed E-state index contributed by atoms with van der Waals surface area (Å²) in [4.78, 5) is 29.0. The Morgan fingerprint density at radius 3 is 2.96 bits per heavy atom. The highest BCUT2D eigenvalue weighted by Crippen LogP contribution is 2.19. The minimum Gasteiger partial charge on any atom is -0.365 e. The number of rotatable bonds is 4. The van der Waals surface area contributed by atoms with E-state index in [4.69, 9.17) is 0 Å². The zero-order valence-electron chi connectivity index (χ0n) is 12.4. The Morgan fingerprint density at radius 2 is 2.22 bits per heavy atom. The quantitative estimate of drug-likeness (QED) is 0.880. The number of likely N-dealkylation sites (tertiary alicyclic amines) is 1. The average molecular weight is 313 g/mol. The number of carbonyl (C=O) groups excluding carboxylic acids is 2. The topological polar surface area (TPSA) is 62.3 Å². The van der Waals surface area contributed by atoms with Gasteiger partial charge in [0, 0.05) is 30.9 Å². The highest BCUT2D eigenvalue weighted by atomic mass is 19.1. The first-order valence-electron chi connectivity index (χ1n) is 7.39. The minimum atomic E-state index is -0.610. The summed E-state index contributed by atoms with van der Waals surface area (Å²) in [6, 6.07) is 9.45. The van der Waals surface area contributed by atoms with Crippen molar-refractivity contribution >= 4 is 18.0 Å². The van der Waals surface area contributed by atoms with Crippen LogP contribution in [0.4, 0.5) is 10.2 Å². The molecule has 6 heteroatoms. The summed E-state index contributed by atoms with van der Waals surface area (Å²) >= 11 is 0. The van der Waals surface area contributed by atoms with Crippen molar-refractivity contribution in [3.63, 3.8) is 0 Å². The third-order valence-corrected chi connectivity index (χ3v) is 3.85. The van der Waals surface area contributed by atoms with Gasteiger partial charge in [-0.15, -0.1) is 0 Å². The van der Waals surface area contributed by atoms with E-state index < -0.39 is 11.7 Å². The zero-order chi connectivity index (χ0) is 16.2. The van der Waals surface area contributed by atoms with E-state index in [-0.39, 0.29) is 17.2 Å². The lowest BCUT2D eigenvalue weighted by Crippen LogP contribution is -2.32. The molecule has 3 rings (SSSR count).